The van der Waals surface area contributed by atoms with E-state index in [0.717, 1.165) is 56.9 Å². The first-order chi connectivity index (χ1) is 17.3. The second kappa shape index (κ2) is 13.4. The van der Waals surface area contributed by atoms with Crippen molar-refractivity contribution in [1.82, 2.24) is 4.90 Å². The van der Waals surface area contributed by atoms with E-state index in [2.05, 4.69) is 6.92 Å². The van der Waals surface area contributed by atoms with Gasteiger partial charge in [-0.15, -0.1) is 0 Å². The van der Waals surface area contributed by atoms with E-state index in [1.807, 2.05) is 62.1 Å². The fourth-order valence-corrected chi connectivity index (χ4v) is 5.94. The summed E-state index contributed by atoms with van der Waals surface area (Å²) in [7, 11) is 0. The van der Waals surface area contributed by atoms with Gasteiger partial charge in [0.15, 0.2) is 5.78 Å². The number of amides is 1. The van der Waals surface area contributed by atoms with Crippen LogP contribution in [0.1, 0.15) is 104 Å². The van der Waals surface area contributed by atoms with Crippen LogP contribution < -0.4 is 0 Å². The molecule has 0 bridgehead atoms. The zero-order valence-corrected chi connectivity index (χ0v) is 23.0. The summed E-state index contributed by atoms with van der Waals surface area (Å²) in [6, 6.07) is 10.0. The van der Waals surface area contributed by atoms with Crippen LogP contribution in [0, 0.1) is 5.92 Å². The highest BCUT2D eigenvalue weighted by Crippen LogP contribution is 2.49. The molecule has 1 heterocycles. The summed E-state index contributed by atoms with van der Waals surface area (Å²) in [5, 5.41) is 0. The standard InChI is InChI=1S/C31H47NO4/c1-5-6-7-8-9-13-19-28(33)27-18-14-15-21-31(27)22-20-26(32(31)29(34)36-30(2,3)4)24-35-23-25-16-11-10-12-17-25/h10-13,16-17,19,26-27H,5-9,14-15,18,20-24H2,1-4H3/b19-13-/t26-,27-,31-/m0/s1. The number of unbranched alkanes of at least 4 members (excludes halogenated alkanes) is 4. The van der Waals surface area contributed by atoms with Gasteiger partial charge in [-0.3, -0.25) is 9.69 Å². The summed E-state index contributed by atoms with van der Waals surface area (Å²) in [5.41, 5.74) is 0.0391. The Hall–Kier alpha value is -2.14. The van der Waals surface area contributed by atoms with Gasteiger partial charge >= 0.3 is 6.09 Å². The summed E-state index contributed by atoms with van der Waals surface area (Å²) in [6.45, 7) is 8.87. The van der Waals surface area contributed by atoms with Crippen LogP contribution in [0.4, 0.5) is 4.79 Å². The molecular weight excluding hydrogens is 450 g/mol. The third-order valence-corrected chi connectivity index (χ3v) is 7.62. The maximum Gasteiger partial charge on any atom is 0.411 e. The number of allylic oxidation sites excluding steroid dienone is 2. The zero-order chi connectivity index (χ0) is 26.0. The van der Waals surface area contributed by atoms with Gasteiger partial charge in [0.05, 0.1) is 24.8 Å². The monoisotopic (exact) mass is 497 g/mol. The summed E-state index contributed by atoms with van der Waals surface area (Å²) in [4.78, 5) is 29.1. The Morgan fingerprint density at radius 3 is 2.56 bits per heavy atom. The minimum atomic E-state index is -0.594. The Balaban J connectivity index is 1.76. The lowest BCUT2D eigenvalue weighted by atomic mass is 9.69. The van der Waals surface area contributed by atoms with Crippen molar-refractivity contribution in [3.05, 3.63) is 48.0 Å². The summed E-state index contributed by atoms with van der Waals surface area (Å²) in [6.07, 6.45) is 14.7. The van der Waals surface area contributed by atoms with Crippen LogP contribution in [0.25, 0.3) is 0 Å². The van der Waals surface area contributed by atoms with E-state index < -0.39 is 11.1 Å². The van der Waals surface area contributed by atoms with Gasteiger partial charge in [0.1, 0.15) is 5.60 Å². The summed E-state index contributed by atoms with van der Waals surface area (Å²) >= 11 is 0. The molecule has 0 radical (unpaired) electrons. The number of likely N-dealkylation sites (tertiary alicyclic amines) is 1. The largest absolute Gasteiger partial charge is 0.444 e. The highest BCUT2D eigenvalue weighted by atomic mass is 16.6. The summed E-state index contributed by atoms with van der Waals surface area (Å²) < 4.78 is 12.0. The molecule has 1 aromatic carbocycles. The summed E-state index contributed by atoms with van der Waals surface area (Å²) in [5.74, 6) is -0.00520. The predicted molar refractivity (Wildman–Crippen MR) is 145 cm³/mol. The predicted octanol–water partition coefficient (Wildman–Crippen LogP) is 7.63. The van der Waals surface area contributed by atoms with Crippen LogP contribution in [-0.4, -0.2) is 40.6 Å². The molecule has 3 atom stereocenters. The topological polar surface area (TPSA) is 55.8 Å². The van der Waals surface area contributed by atoms with E-state index in [0.29, 0.717) is 13.2 Å². The Morgan fingerprint density at radius 2 is 1.83 bits per heavy atom. The van der Waals surface area contributed by atoms with Gasteiger partial charge in [-0.2, -0.15) is 0 Å². The number of carbonyl (C=O) groups excluding carboxylic acids is 2. The van der Waals surface area contributed by atoms with Crippen molar-refractivity contribution >= 4 is 11.9 Å². The van der Waals surface area contributed by atoms with E-state index >= 15 is 0 Å². The van der Waals surface area contributed by atoms with Crippen LogP contribution in [0.15, 0.2) is 42.5 Å². The Kier molecular flexibility index (Phi) is 10.6. The number of ether oxygens (including phenoxy) is 2. The lowest BCUT2D eigenvalue weighted by Gasteiger charge is -2.48. The molecule has 0 aromatic heterocycles. The van der Waals surface area contributed by atoms with Gasteiger partial charge in [0, 0.05) is 5.92 Å². The lowest BCUT2D eigenvalue weighted by molar-refractivity contribution is -0.125. The highest BCUT2D eigenvalue weighted by molar-refractivity contribution is 5.93. The Morgan fingerprint density at radius 1 is 1.06 bits per heavy atom. The Bertz CT molecular complexity index is 859. The van der Waals surface area contributed by atoms with Crippen molar-refractivity contribution in [1.29, 1.82) is 0 Å². The van der Waals surface area contributed by atoms with Gasteiger partial charge in [-0.05, 0) is 70.9 Å². The molecule has 200 valence electrons. The van der Waals surface area contributed by atoms with Gasteiger partial charge < -0.3 is 9.47 Å². The minimum absolute atomic E-state index is 0.0880. The zero-order valence-electron chi connectivity index (χ0n) is 23.0. The molecule has 36 heavy (non-hydrogen) atoms. The average Bonchev–Trinajstić information content (AvgIpc) is 3.19. The first-order valence-corrected chi connectivity index (χ1v) is 14.1. The number of ketones is 1. The van der Waals surface area contributed by atoms with Crippen LogP contribution in [0.2, 0.25) is 0 Å². The molecule has 0 N–H and O–H groups in total. The molecule has 1 amide bonds. The molecule has 1 aromatic rings. The number of carbonyl (C=O) groups is 2. The number of hydrogen-bond acceptors (Lipinski definition) is 4. The first kappa shape index (κ1) is 28.4. The minimum Gasteiger partial charge on any atom is -0.444 e. The quantitative estimate of drug-likeness (QED) is 0.233. The van der Waals surface area contributed by atoms with E-state index in [4.69, 9.17) is 9.47 Å². The van der Waals surface area contributed by atoms with E-state index in [-0.39, 0.29) is 23.8 Å². The third kappa shape index (κ3) is 7.68. The van der Waals surface area contributed by atoms with Gasteiger partial charge in [-0.1, -0.05) is 75.4 Å². The molecule has 1 saturated carbocycles. The van der Waals surface area contributed by atoms with Crippen molar-refractivity contribution in [2.75, 3.05) is 6.61 Å². The van der Waals surface area contributed by atoms with Crippen LogP contribution in [-0.2, 0) is 20.9 Å². The second-order valence-corrected chi connectivity index (χ2v) is 11.6. The highest BCUT2D eigenvalue weighted by Gasteiger charge is 2.56. The Labute approximate surface area is 218 Å². The number of rotatable bonds is 11. The van der Waals surface area contributed by atoms with Crippen molar-refractivity contribution in [3.63, 3.8) is 0 Å². The molecule has 1 aliphatic heterocycles. The molecule has 2 fully saturated rings. The first-order valence-electron chi connectivity index (χ1n) is 14.1. The van der Waals surface area contributed by atoms with Crippen molar-refractivity contribution < 1.29 is 19.1 Å². The van der Waals surface area contributed by atoms with Crippen molar-refractivity contribution in [2.24, 2.45) is 5.92 Å². The van der Waals surface area contributed by atoms with Crippen LogP contribution in [0.3, 0.4) is 0 Å². The lowest BCUT2D eigenvalue weighted by Crippen LogP contribution is -2.59. The second-order valence-electron chi connectivity index (χ2n) is 11.6. The fourth-order valence-electron chi connectivity index (χ4n) is 5.94. The van der Waals surface area contributed by atoms with E-state index in [1.165, 1.54) is 19.3 Å². The maximum absolute atomic E-state index is 13.6. The fraction of sp³-hybridized carbons (Fsp3) is 0.677. The SMILES string of the molecule is CCCCCC/C=C\C(=O)[C@@H]1CCCC[C@]12CC[C@@H](COCc1ccccc1)N2C(=O)OC(C)(C)C. The molecule has 2 aliphatic rings. The van der Waals surface area contributed by atoms with Gasteiger partial charge in [-0.25, -0.2) is 4.79 Å². The molecule has 1 aliphatic carbocycles. The van der Waals surface area contributed by atoms with Gasteiger partial charge in [0.25, 0.3) is 0 Å². The third-order valence-electron chi connectivity index (χ3n) is 7.62. The van der Waals surface area contributed by atoms with Gasteiger partial charge in [0.2, 0.25) is 0 Å². The number of hydrogen-bond donors (Lipinski definition) is 0. The maximum atomic E-state index is 13.6. The molecular formula is C31H47NO4. The average molecular weight is 498 g/mol. The van der Waals surface area contributed by atoms with Crippen molar-refractivity contribution in [2.45, 2.75) is 122 Å². The molecule has 5 nitrogen and oxygen atoms in total. The number of benzene rings is 1. The van der Waals surface area contributed by atoms with E-state index in [1.54, 1.807) is 6.08 Å². The molecule has 0 unspecified atom stereocenters. The molecule has 5 heteroatoms. The molecule has 1 spiro atoms. The van der Waals surface area contributed by atoms with E-state index in [9.17, 15) is 9.59 Å². The van der Waals surface area contributed by atoms with Crippen LogP contribution in [0.5, 0.6) is 0 Å². The molecule has 3 rings (SSSR count). The normalized spacial score (nSPS) is 24.5. The molecule has 1 saturated heterocycles. The van der Waals surface area contributed by atoms with Crippen LogP contribution >= 0.6 is 0 Å². The smallest absolute Gasteiger partial charge is 0.411 e. The number of nitrogens with zero attached hydrogens (tertiary/aromatic N) is 1. The van der Waals surface area contributed by atoms with Crippen molar-refractivity contribution in [3.8, 4) is 0 Å².